The predicted octanol–water partition coefficient (Wildman–Crippen LogP) is -9.12. The number of rotatable bonds is 1. The van der Waals surface area contributed by atoms with Crippen LogP contribution < -0.4 is 91.2 Å². The Bertz CT molecular complexity index is 123. The molecule has 0 aromatic carbocycles. The maximum Gasteiger partial charge on any atom is 1.00 e. The van der Waals surface area contributed by atoms with Gasteiger partial charge in [0.05, 0.1) is 12.1 Å². The van der Waals surface area contributed by atoms with Crippen molar-refractivity contribution in [1.82, 2.24) is 0 Å². The zero-order chi connectivity index (χ0) is 8.73. The first-order chi connectivity index (χ1) is 4.37. The van der Waals surface area contributed by atoms with E-state index in [-0.39, 0.29) is 80.9 Å². The molecule has 1 atom stereocenters. The van der Waals surface area contributed by atoms with Crippen LogP contribution in [0.25, 0.3) is 0 Å². The Balaban J connectivity index is -0.0000000483. The average molecular weight is 210 g/mol. The van der Waals surface area contributed by atoms with E-state index in [1.807, 2.05) is 0 Å². The van der Waals surface area contributed by atoms with Gasteiger partial charge in [0, 0.05) is 5.97 Å². The van der Waals surface area contributed by atoms with Crippen LogP contribution in [0.5, 0.6) is 0 Å². The molecule has 0 aliphatic heterocycles. The summed E-state index contributed by atoms with van der Waals surface area (Å²) in [5.41, 5.74) is 0. The van der Waals surface area contributed by atoms with Crippen molar-refractivity contribution in [2.75, 3.05) is 0 Å². The van der Waals surface area contributed by atoms with Crippen molar-refractivity contribution in [3.05, 3.63) is 0 Å². The van der Waals surface area contributed by atoms with Crippen LogP contribution in [-0.2, 0) is 9.59 Å². The summed E-state index contributed by atoms with van der Waals surface area (Å²) in [5.74, 6) is -2.52. The van der Waals surface area contributed by atoms with Gasteiger partial charge in [0.15, 0.2) is 0 Å². The van der Waals surface area contributed by atoms with Crippen molar-refractivity contribution in [3.63, 3.8) is 0 Å². The summed E-state index contributed by atoms with van der Waals surface area (Å²) < 4.78 is 0. The second-order valence-electron chi connectivity index (χ2n) is 1.49. The fraction of sp³-hybridized carbons (Fsp3) is 0.600. The molecule has 5 nitrogen and oxygen atoms in total. The van der Waals surface area contributed by atoms with Crippen LogP contribution in [-0.4, -0.2) is 23.1 Å². The standard InChI is InChI=1S/C3H6O3.C2H4O2.K.Na/c1-2(4)3(5)6;1-2(3)4;;/h2,4H,1H3,(H,5,6);1H3,(H,3,4);;/q;;2*+1/p-2. The molecule has 0 heterocycles. The molecule has 60 valence electrons. The molecule has 1 N–H and O–H groups in total. The van der Waals surface area contributed by atoms with Gasteiger partial charge in [0.25, 0.3) is 0 Å². The fourth-order valence-corrected chi connectivity index (χ4v) is 0. The van der Waals surface area contributed by atoms with E-state index in [1.54, 1.807) is 0 Å². The van der Waals surface area contributed by atoms with Gasteiger partial charge in [-0.05, 0) is 13.8 Å². The van der Waals surface area contributed by atoms with E-state index in [1.165, 1.54) is 0 Å². The monoisotopic (exact) mass is 210 g/mol. The van der Waals surface area contributed by atoms with E-state index < -0.39 is 18.0 Å². The summed E-state index contributed by atoms with van der Waals surface area (Å²) in [5, 5.41) is 26.2. The number of carboxylic acid groups (broad SMARTS) is 2. The molecule has 0 aromatic heterocycles. The molecular formula is C5H8KNaO5. The third kappa shape index (κ3) is 41.8. The minimum absolute atomic E-state index is 0. The molecule has 0 aliphatic carbocycles. The summed E-state index contributed by atoms with van der Waals surface area (Å²) in [6.07, 6.45) is -1.34. The summed E-state index contributed by atoms with van der Waals surface area (Å²) in [4.78, 5) is 18.2. The van der Waals surface area contributed by atoms with Crippen LogP contribution in [0.4, 0.5) is 0 Å². The number of carboxylic acids is 2. The summed E-state index contributed by atoms with van der Waals surface area (Å²) in [7, 11) is 0. The van der Waals surface area contributed by atoms with E-state index in [0.717, 1.165) is 13.8 Å². The zero-order valence-corrected chi connectivity index (χ0v) is 12.8. The van der Waals surface area contributed by atoms with Crippen LogP contribution in [0, 0.1) is 0 Å². The van der Waals surface area contributed by atoms with Gasteiger partial charge in [-0.25, -0.2) is 0 Å². The zero-order valence-electron chi connectivity index (χ0n) is 7.66. The van der Waals surface area contributed by atoms with Crippen molar-refractivity contribution in [2.24, 2.45) is 0 Å². The molecule has 0 bridgehead atoms. The van der Waals surface area contributed by atoms with Crippen LogP contribution in [0.3, 0.4) is 0 Å². The summed E-state index contributed by atoms with van der Waals surface area (Å²) >= 11 is 0. The first-order valence-corrected chi connectivity index (χ1v) is 2.44. The minimum atomic E-state index is -1.44. The van der Waals surface area contributed by atoms with Gasteiger partial charge in [-0.2, -0.15) is 0 Å². The third-order valence-electron chi connectivity index (χ3n) is 0.341. The van der Waals surface area contributed by atoms with E-state index >= 15 is 0 Å². The van der Waals surface area contributed by atoms with Gasteiger partial charge in [-0.3, -0.25) is 0 Å². The number of carbonyl (C=O) groups excluding carboxylic acids is 2. The second kappa shape index (κ2) is 15.0. The Morgan fingerprint density at radius 1 is 1.33 bits per heavy atom. The predicted molar refractivity (Wildman–Crippen MR) is 27.4 cm³/mol. The largest absolute Gasteiger partial charge is 1.00 e. The maximum atomic E-state index is 9.34. The molecule has 0 rings (SSSR count). The van der Waals surface area contributed by atoms with Gasteiger partial charge >= 0.3 is 80.9 Å². The van der Waals surface area contributed by atoms with Crippen LogP contribution in [0.1, 0.15) is 13.8 Å². The molecule has 0 aliphatic rings. The van der Waals surface area contributed by atoms with Gasteiger partial charge in [0.1, 0.15) is 0 Å². The molecular weight excluding hydrogens is 202 g/mol. The Morgan fingerprint density at radius 2 is 1.42 bits per heavy atom. The van der Waals surface area contributed by atoms with E-state index in [2.05, 4.69) is 0 Å². The van der Waals surface area contributed by atoms with Gasteiger partial charge in [-0.15, -0.1) is 0 Å². The number of aliphatic carboxylic acids is 2. The topological polar surface area (TPSA) is 100 Å². The molecule has 1 unspecified atom stereocenters. The van der Waals surface area contributed by atoms with Crippen LogP contribution in [0.15, 0.2) is 0 Å². The Labute approximate surface area is 135 Å². The Morgan fingerprint density at radius 3 is 1.42 bits per heavy atom. The average Bonchev–Trinajstić information content (AvgIpc) is 1.63. The van der Waals surface area contributed by atoms with Crippen molar-refractivity contribution in [3.8, 4) is 0 Å². The normalized spacial score (nSPS) is 8.92. The maximum absolute atomic E-state index is 9.34. The molecule has 12 heavy (non-hydrogen) atoms. The van der Waals surface area contributed by atoms with E-state index in [9.17, 15) is 9.90 Å². The number of hydrogen-bond donors (Lipinski definition) is 1. The first kappa shape index (κ1) is 23.4. The van der Waals surface area contributed by atoms with Gasteiger partial charge in [0.2, 0.25) is 0 Å². The smallest absolute Gasteiger partial charge is 0.550 e. The quantitative estimate of drug-likeness (QED) is 0.433. The molecule has 7 heteroatoms. The Kier molecular flexibility index (Phi) is 29.3. The number of aliphatic hydroxyl groups is 1. The molecule has 0 amide bonds. The minimum Gasteiger partial charge on any atom is -0.550 e. The summed E-state index contributed by atoms with van der Waals surface area (Å²) in [6, 6.07) is 0. The molecule has 0 saturated heterocycles. The van der Waals surface area contributed by atoms with Crippen molar-refractivity contribution >= 4 is 11.9 Å². The molecule has 0 fully saturated rings. The third-order valence-corrected chi connectivity index (χ3v) is 0.341. The second-order valence-corrected chi connectivity index (χ2v) is 1.49. The van der Waals surface area contributed by atoms with Crippen LogP contribution >= 0.6 is 0 Å². The van der Waals surface area contributed by atoms with E-state index in [0.29, 0.717) is 0 Å². The SMILES string of the molecule is CC(=O)[O-].CC(O)C(=O)[O-].[K+].[Na+]. The number of aliphatic hydroxyl groups excluding tert-OH is 1. The van der Waals surface area contributed by atoms with Crippen molar-refractivity contribution in [1.29, 1.82) is 0 Å². The fourth-order valence-electron chi connectivity index (χ4n) is 0. The van der Waals surface area contributed by atoms with Gasteiger partial charge < -0.3 is 24.9 Å². The number of hydrogen-bond acceptors (Lipinski definition) is 5. The van der Waals surface area contributed by atoms with Gasteiger partial charge in [-0.1, -0.05) is 0 Å². The van der Waals surface area contributed by atoms with Crippen LogP contribution in [0.2, 0.25) is 0 Å². The van der Waals surface area contributed by atoms with Crippen molar-refractivity contribution < 1.29 is 106 Å². The van der Waals surface area contributed by atoms with E-state index in [4.69, 9.17) is 15.0 Å². The molecule has 0 saturated carbocycles. The molecule has 0 aromatic rings. The Hall–Kier alpha value is 1.54. The summed E-state index contributed by atoms with van der Waals surface area (Å²) in [6.45, 7) is 2.11. The first-order valence-electron chi connectivity index (χ1n) is 2.44. The number of carbonyl (C=O) groups is 2. The molecule has 0 spiro atoms. The van der Waals surface area contributed by atoms with Crippen molar-refractivity contribution in [2.45, 2.75) is 20.0 Å². The molecule has 0 radical (unpaired) electrons.